The summed E-state index contributed by atoms with van der Waals surface area (Å²) in [6.07, 6.45) is 2.44. The number of halogens is 2. The van der Waals surface area contributed by atoms with Gasteiger partial charge >= 0.3 is 0 Å². The molecule has 2 aliphatic rings. The first kappa shape index (κ1) is 24.0. The number of hydrogen-bond acceptors (Lipinski definition) is 8. The van der Waals surface area contributed by atoms with Crippen LogP contribution in [0.4, 0.5) is 21.6 Å². The molecule has 1 aromatic heterocycles. The molecule has 8 nitrogen and oxygen atoms in total. The number of anilines is 3. The van der Waals surface area contributed by atoms with Crippen LogP contribution in [0.3, 0.4) is 0 Å². The lowest BCUT2D eigenvalue weighted by Gasteiger charge is -2.31. The van der Waals surface area contributed by atoms with Gasteiger partial charge in [-0.3, -0.25) is 4.90 Å². The van der Waals surface area contributed by atoms with E-state index in [-0.39, 0.29) is 5.02 Å². The molecule has 2 saturated heterocycles. The van der Waals surface area contributed by atoms with E-state index in [2.05, 4.69) is 25.1 Å². The van der Waals surface area contributed by atoms with Crippen LogP contribution in [0, 0.1) is 5.82 Å². The molecule has 0 aliphatic carbocycles. The molecule has 0 saturated carbocycles. The van der Waals surface area contributed by atoms with Crippen LogP contribution in [0.25, 0.3) is 10.9 Å². The predicted octanol–water partition coefficient (Wildman–Crippen LogP) is 4.10. The molecule has 10 heteroatoms. The summed E-state index contributed by atoms with van der Waals surface area (Å²) in [6, 6.07) is 8.52. The van der Waals surface area contributed by atoms with Gasteiger partial charge < -0.3 is 24.4 Å². The summed E-state index contributed by atoms with van der Waals surface area (Å²) < 4.78 is 30.9. The zero-order valence-electron chi connectivity index (χ0n) is 19.5. The Morgan fingerprint density at radius 1 is 1.00 bits per heavy atom. The van der Waals surface area contributed by atoms with Crippen molar-refractivity contribution < 1.29 is 18.6 Å². The molecule has 0 amide bonds. The van der Waals surface area contributed by atoms with E-state index < -0.39 is 5.82 Å². The van der Waals surface area contributed by atoms with Crippen LogP contribution in [0.5, 0.6) is 5.75 Å². The van der Waals surface area contributed by atoms with Crippen molar-refractivity contribution in [3.63, 3.8) is 0 Å². The van der Waals surface area contributed by atoms with Gasteiger partial charge in [0.1, 0.15) is 23.7 Å². The zero-order valence-corrected chi connectivity index (χ0v) is 20.3. The van der Waals surface area contributed by atoms with Gasteiger partial charge in [0, 0.05) is 43.8 Å². The van der Waals surface area contributed by atoms with E-state index in [9.17, 15) is 4.39 Å². The number of rotatable bonds is 8. The van der Waals surface area contributed by atoms with Crippen LogP contribution in [0.1, 0.15) is 6.42 Å². The van der Waals surface area contributed by atoms with Crippen LogP contribution >= 0.6 is 11.6 Å². The van der Waals surface area contributed by atoms with Gasteiger partial charge in [0.15, 0.2) is 0 Å². The summed E-state index contributed by atoms with van der Waals surface area (Å²) in [5, 5.41) is 4.10. The molecule has 2 aromatic carbocycles. The Kier molecular flexibility index (Phi) is 7.78. The number of benzene rings is 2. The number of nitrogens with one attached hydrogen (secondary N) is 1. The normalized spacial score (nSPS) is 17.0. The summed E-state index contributed by atoms with van der Waals surface area (Å²) in [7, 11) is 0. The maximum absolute atomic E-state index is 13.6. The smallest absolute Gasteiger partial charge is 0.143 e. The summed E-state index contributed by atoms with van der Waals surface area (Å²) in [4.78, 5) is 13.6. The highest BCUT2D eigenvalue weighted by atomic mass is 35.5. The standard InChI is InChI=1S/C25H29ClFN5O3/c26-20-14-18(2-3-21(20)27)30-25-19-15-24(35-9-1-4-31-5-10-33-11-6-31)23(16-22(19)28-17-29-25)32-7-12-34-13-8-32/h2-3,14-17H,1,4-13H2,(H,28,29,30). The molecule has 0 radical (unpaired) electrons. The van der Waals surface area contributed by atoms with Crippen molar-refractivity contribution in [2.24, 2.45) is 0 Å². The van der Waals surface area contributed by atoms with Crippen LogP contribution in [0.2, 0.25) is 5.02 Å². The maximum Gasteiger partial charge on any atom is 0.143 e. The first-order chi connectivity index (χ1) is 17.2. The van der Waals surface area contributed by atoms with Crippen molar-refractivity contribution in [1.29, 1.82) is 0 Å². The fraction of sp³-hybridized carbons (Fsp3) is 0.440. The van der Waals surface area contributed by atoms with E-state index in [1.807, 2.05) is 12.1 Å². The van der Waals surface area contributed by atoms with Crippen molar-refractivity contribution in [2.45, 2.75) is 6.42 Å². The predicted molar refractivity (Wildman–Crippen MR) is 135 cm³/mol. The maximum atomic E-state index is 13.6. The summed E-state index contributed by atoms with van der Waals surface area (Å²) in [6.45, 7) is 8.04. The average Bonchev–Trinajstić information content (AvgIpc) is 2.90. The Balaban J connectivity index is 1.40. The van der Waals surface area contributed by atoms with Crippen molar-refractivity contribution in [1.82, 2.24) is 14.9 Å². The second kappa shape index (κ2) is 11.3. The number of hydrogen-bond donors (Lipinski definition) is 1. The molecule has 0 atom stereocenters. The third kappa shape index (κ3) is 5.92. The van der Waals surface area contributed by atoms with Gasteiger partial charge in [0.25, 0.3) is 0 Å². The minimum absolute atomic E-state index is 0.0484. The molecule has 0 spiro atoms. The topological polar surface area (TPSA) is 72.0 Å². The van der Waals surface area contributed by atoms with Crippen LogP contribution in [-0.4, -0.2) is 80.6 Å². The summed E-state index contributed by atoms with van der Waals surface area (Å²) in [5.41, 5.74) is 2.43. The van der Waals surface area contributed by atoms with Crippen molar-refractivity contribution in [3.05, 3.63) is 47.5 Å². The SMILES string of the molecule is Fc1ccc(Nc2ncnc3cc(N4CCOCC4)c(OCCCN4CCOCC4)cc23)cc1Cl. The summed E-state index contributed by atoms with van der Waals surface area (Å²) >= 11 is 5.96. The lowest BCUT2D eigenvalue weighted by atomic mass is 10.1. The van der Waals surface area contributed by atoms with Gasteiger partial charge in [-0.05, 0) is 36.8 Å². The van der Waals surface area contributed by atoms with Crippen LogP contribution < -0.4 is 15.0 Å². The molecule has 2 fully saturated rings. The van der Waals surface area contributed by atoms with E-state index >= 15 is 0 Å². The van der Waals surface area contributed by atoms with Gasteiger partial charge in [0.2, 0.25) is 0 Å². The molecule has 3 aromatic rings. The molecule has 0 unspecified atom stereocenters. The van der Waals surface area contributed by atoms with Crippen LogP contribution in [0.15, 0.2) is 36.7 Å². The van der Waals surface area contributed by atoms with E-state index in [0.717, 1.165) is 74.7 Å². The van der Waals surface area contributed by atoms with Gasteiger partial charge in [-0.2, -0.15) is 0 Å². The van der Waals surface area contributed by atoms with E-state index in [0.29, 0.717) is 31.3 Å². The van der Waals surface area contributed by atoms with Gasteiger partial charge in [0.05, 0.1) is 49.3 Å². The van der Waals surface area contributed by atoms with E-state index in [1.165, 1.54) is 18.5 Å². The monoisotopic (exact) mass is 501 g/mol. The largest absolute Gasteiger partial charge is 0.491 e. The zero-order chi connectivity index (χ0) is 24.0. The molecule has 3 heterocycles. The Morgan fingerprint density at radius 3 is 2.54 bits per heavy atom. The molecular weight excluding hydrogens is 473 g/mol. The average molecular weight is 502 g/mol. The third-order valence-corrected chi connectivity index (χ3v) is 6.52. The highest BCUT2D eigenvalue weighted by molar-refractivity contribution is 6.31. The number of ether oxygens (including phenoxy) is 3. The molecule has 1 N–H and O–H groups in total. The Hall–Kier alpha value is -2.72. The van der Waals surface area contributed by atoms with Gasteiger partial charge in [-0.25, -0.2) is 14.4 Å². The fourth-order valence-electron chi connectivity index (χ4n) is 4.34. The number of morpholine rings is 2. The molecule has 186 valence electrons. The molecule has 0 bridgehead atoms. The number of fused-ring (bicyclic) bond motifs is 1. The minimum Gasteiger partial charge on any atom is -0.491 e. The van der Waals surface area contributed by atoms with Crippen molar-refractivity contribution in [2.75, 3.05) is 76.0 Å². The first-order valence-electron chi connectivity index (χ1n) is 11.9. The Morgan fingerprint density at radius 2 is 1.77 bits per heavy atom. The first-order valence-corrected chi connectivity index (χ1v) is 12.3. The highest BCUT2D eigenvalue weighted by Gasteiger charge is 2.19. The molecule has 35 heavy (non-hydrogen) atoms. The fourth-order valence-corrected chi connectivity index (χ4v) is 4.52. The lowest BCUT2D eigenvalue weighted by Crippen LogP contribution is -2.37. The summed E-state index contributed by atoms with van der Waals surface area (Å²) in [5.74, 6) is 0.924. The Bertz CT molecular complexity index is 1160. The van der Waals surface area contributed by atoms with E-state index in [4.69, 9.17) is 25.8 Å². The third-order valence-electron chi connectivity index (χ3n) is 6.23. The molecule has 5 rings (SSSR count). The second-order valence-electron chi connectivity index (χ2n) is 8.57. The highest BCUT2D eigenvalue weighted by Crippen LogP contribution is 2.36. The number of aromatic nitrogens is 2. The Labute approximate surface area is 208 Å². The lowest BCUT2D eigenvalue weighted by molar-refractivity contribution is 0.0358. The molecular formula is C25H29ClFN5O3. The van der Waals surface area contributed by atoms with Gasteiger partial charge in [-0.1, -0.05) is 11.6 Å². The number of nitrogens with zero attached hydrogens (tertiary/aromatic N) is 4. The minimum atomic E-state index is -0.465. The van der Waals surface area contributed by atoms with Crippen molar-refractivity contribution >= 4 is 39.7 Å². The quantitative estimate of drug-likeness (QED) is 0.462. The van der Waals surface area contributed by atoms with Gasteiger partial charge in [-0.15, -0.1) is 0 Å². The molecule has 2 aliphatic heterocycles. The van der Waals surface area contributed by atoms with Crippen LogP contribution in [-0.2, 0) is 9.47 Å². The van der Waals surface area contributed by atoms with Crippen molar-refractivity contribution in [3.8, 4) is 5.75 Å². The second-order valence-corrected chi connectivity index (χ2v) is 8.98. The van der Waals surface area contributed by atoms with E-state index in [1.54, 1.807) is 6.07 Å².